The monoisotopic (exact) mass is 532 g/mol. The smallest absolute Gasteiger partial charge is 0.416 e. The SMILES string of the molecule is CCCC(Oc1cc(Oc2ccc(C(F)(F)F)cc2Cl)ccc1[N+](=O)[O-])C(=O)NCC1(C)OCCO1. The molecule has 0 aromatic heterocycles. The summed E-state index contributed by atoms with van der Waals surface area (Å²) < 4.78 is 60.8. The molecule has 1 aliphatic rings. The molecule has 0 aliphatic carbocycles. The van der Waals surface area contributed by atoms with Gasteiger partial charge in [-0.25, -0.2) is 0 Å². The second kappa shape index (κ2) is 11.3. The summed E-state index contributed by atoms with van der Waals surface area (Å²) in [6, 6.07) is 6.05. The average Bonchev–Trinajstić information content (AvgIpc) is 3.24. The molecule has 2 aromatic carbocycles. The van der Waals surface area contributed by atoms with Crippen LogP contribution >= 0.6 is 11.6 Å². The van der Waals surface area contributed by atoms with Gasteiger partial charge in [-0.05, 0) is 37.6 Å². The topological polar surface area (TPSA) is 109 Å². The highest BCUT2D eigenvalue weighted by atomic mass is 35.5. The fourth-order valence-corrected chi connectivity index (χ4v) is 3.59. The Bertz CT molecular complexity index is 1110. The molecule has 1 atom stereocenters. The van der Waals surface area contributed by atoms with Crippen LogP contribution in [0.5, 0.6) is 17.2 Å². The van der Waals surface area contributed by atoms with E-state index < -0.39 is 40.1 Å². The van der Waals surface area contributed by atoms with Gasteiger partial charge in [-0.2, -0.15) is 13.2 Å². The number of nitro groups is 1. The van der Waals surface area contributed by atoms with Crippen molar-refractivity contribution in [1.82, 2.24) is 5.32 Å². The van der Waals surface area contributed by atoms with Crippen LogP contribution < -0.4 is 14.8 Å². The highest BCUT2D eigenvalue weighted by molar-refractivity contribution is 6.32. The third-order valence-electron chi connectivity index (χ3n) is 5.21. The van der Waals surface area contributed by atoms with Crippen LogP contribution in [0, 0.1) is 10.1 Å². The number of carbonyl (C=O) groups is 1. The molecule has 3 rings (SSSR count). The van der Waals surface area contributed by atoms with Crippen LogP contribution in [0.25, 0.3) is 0 Å². The van der Waals surface area contributed by atoms with Crippen molar-refractivity contribution in [2.75, 3.05) is 19.8 Å². The molecule has 2 aromatic rings. The van der Waals surface area contributed by atoms with E-state index in [4.69, 9.17) is 30.5 Å². The van der Waals surface area contributed by atoms with E-state index in [-0.39, 0.29) is 35.2 Å². The number of hydrogen-bond donors (Lipinski definition) is 1. The Morgan fingerprint density at radius 3 is 2.50 bits per heavy atom. The van der Waals surface area contributed by atoms with E-state index in [1.54, 1.807) is 6.92 Å². The summed E-state index contributed by atoms with van der Waals surface area (Å²) in [4.78, 5) is 23.7. The van der Waals surface area contributed by atoms with Crippen molar-refractivity contribution in [2.45, 2.75) is 44.8 Å². The molecule has 36 heavy (non-hydrogen) atoms. The third kappa shape index (κ3) is 6.99. The number of benzene rings is 2. The standard InChI is InChI=1S/C23H24ClF3N2O7/c1-3-4-19(21(30)28-13-22(2)33-9-10-34-22)36-20-12-15(6-7-17(20)29(31)32)35-18-8-5-14(11-16(18)24)23(25,26)27/h5-8,11-12,19H,3-4,9-10,13H2,1-2H3,(H,28,30). The number of nitrogens with one attached hydrogen (secondary N) is 1. The Kier molecular flexibility index (Phi) is 8.64. The van der Waals surface area contributed by atoms with Gasteiger partial charge in [-0.15, -0.1) is 0 Å². The third-order valence-corrected chi connectivity index (χ3v) is 5.50. The summed E-state index contributed by atoms with van der Waals surface area (Å²) in [7, 11) is 0. The number of rotatable bonds is 10. The van der Waals surface area contributed by atoms with Crippen LogP contribution in [0.2, 0.25) is 5.02 Å². The maximum Gasteiger partial charge on any atom is 0.416 e. The number of alkyl halides is 3. The average molecular weight is 533 g/mol. The van der Waals surface area contributed by atoms with Gasteiger partial charge in [0.1, 0.15) is 11.5 Å². The molecule has 1 saturated heterocycles. The van der Waals surface area contributed by atoms with Crippen LogP contribution in [-0.4, -0.2) is 42.5 Å². The number of hydrogen-bond acceptors (Lipinski definition) is 7. The fraction of sp³-hybridized carbons (Fsp3) is 0.435. The molecule has 1 amide bonds. The van der Waals surface area contributed by atoms with Crippen molar-refractivity contribution in [3.05, 3.63) is 57.1 Å². The van der Waals surface area contributed by atoms with Crippen molar-refractivity contribution in [3.8, 4) is 17.2 Å². The first-order valence-electron chi connectivity index (χ1n) is 11.0. The van der Waals surface area contributed by atoms with Crippen LogP contribution in [0.4, 0.5) is 18.9 Å². The molecule has 1 aliphatic heterocycles. The second-order valence-corrected chi connectivity index (χ2v) is 8.48. The fourth-order valence-electron chi connectivity index (χ4n) is 3.37. The lowest BCUT2D eigenvalue weighted by molar-refractivity contribution is -0.386. The molecule has 0 radical (unpaired) electrons. The van der Waals surface area contributed by atoms with E-state index in [0.29, 0.717) is 25.7 Å². The van der Waals surface area contributed by atoms with Crippen molar-refractivity contribution in [3.63, 3.8) is 0 Å². The predicted octanol–water partition coefficient (Wildman–Crippen LogP) is 5.49. The molecule has 0 spiro atoms. The first kappa shape index (κ1) is 27.5. The lowest BCUT2D eigenvalue weighted by atomic mass is 10.2. The zero-order chi connectivity index (χ0) is 26.5. The molecule has 0 bridgehead atoms. The van der Waals surface area contributed by atoms with Crippen molar-refractivity contribution in [1.29, 1.82) is 0 Å². The Morgan fingerprint density at radius 1 is 1.22 bits per heavy atom. The van der Waals surface area contributed by atoms with Crippen molar-refractivity contribution < 1.29 is 41.8 Å². The van der Waals surface area contributed by atoms with Gasteiger partial charge in [0.15, 0.2) is 11.9 Å². The zero-order valence-corrected chi connectivity index (χ0v) is 20.1. The number of nitro benzene ring substituents is 1. The number of nitrogens with zero attached hydrogens (tertiary/aromatic N) is 1. The normalized spacial score (nSPS) is 15.8. The maximum atomic E-state index is 12.9. The number of halogens is 4. The predicted molar refractivity (Wildman–Crippen MR) is 122 cm³/mol. The van der Waals surface area contributed by atoms with Crippen LogP contribution in [0.1, 0.15) is 32.3 Å². The largest absolute Gasteiger partial charge is 0.473 e. The van der Waals surface area contributed by atoms with E-state index in [1.807, 2.05) is 6.92 Å². The van der Waals surface area contributed by atoms with E-state index in [9.17, 15) is 28.1 Å². The molecule has 0 saturated carbocycles. The molecule has 1 unspecified atom stereocenters. The molecule has 196 valence electrons. The molecular formula is C23H24ClF3N2O7. The van der Waals surface area contributed by atoms with Gasteiger partial charge in [0.05, 0.1) is 35.3 Å². The van der Waals surface area contributed by atoms with E-state index in [1.165, 1.54) is 12.1 Å². The lowest BCUT2D eigenvalue weighted by Crippen LogP contribution is -2.46. The summed E-state index contributed by atoms with van der Waals surface area (Å²) in [5.41, 5.74) is -1.38. The Hall–Kier alpha value is -3.09. The number of ether oxygens (including phenoxy) is 4. The molecule has 1 heterocycles. The van der Waals surface area contributed by atoms with Gasteiger partial charge in [-0.1, -0.05) is 24.9 Å². The van der Waals surface area contributed by atoms with Gasteiger partial charge in [0.25, 0.3) is 5.91 Å². The Morgan fingerprint density at radius 2 is 1.92 bits per heavy atom. The van der Waals surface area contributed by atoms with Gasteiger partial charge < -0.3 is 24.3 Å². The highest BCUT2D eigenvalue weighted by Gasteiger charge is 2.33. The minimum absolute atomic E-state index is 0.00758. The molecule has 1 N–H and O–H groups in total. The van der Waals surface area contributed by atoms with E-state index >= 15 is 0 Å². The van der Waals surface area contributed by atoms with Gasteiger partial charge in [0.2, 0.25) is 5.75 Å². The van der Waals surface area contributed by atoms with Gasteiger partial charge >= 0.3 is 11.9 Å². The van der Waals surface area contributed by atoms with Gasteiger partial charge in [0, 0.05) is 12.1 Å². The van der Waals surface area contributed by atoms with E-state index in [0.717, 1.165) is 18.2 Å². The first-order chi connectivity index (χ1) is 16.9. The second-order valence-electron chi connectivity index (χ2n) is 8.08. The summed E-state index contributed by atoms with van der Waals surface area (Å²) in [6.45, 7) is 4.32. The van der Waals surface area contributed by atoms with Crippen LogP contribution in [0.3, 0.4) is 0 Å². The summed E-state index contributed by atoms with van der Waals surface area (Å²) in [5, 5.41) is 13.9. The minimum Gasteiger partial charge on any atom is -0.473 e. The highest BCUT2D eigenvalue weighted by Crippen LogP contribution is 2.39. The molecule has 9 nitrogen and oxygen atoms in total. The van der Waals surface area contributed by atoms with Gasteiger partial charge in [-0.3, -0.25) is 14.9 Å². The Labute approximate surface area is 209 Å². The molecule has 1 fully saturated rings. The molecular weight excluding hydrogens is 509 g/mol. The van der Waals surface area contributed by atoms with Crippen molar-refractivity contribution >= 4 is 23.2 Å². The lowest BCUT2D eigenvalue weighted by Gasteiger charge is -2.24. The maximum absolute atomic E-state index is 12.9. The van der Waals surface area contributed by atoms with Crippen LogP contribution in [-0.2, 0) is 20.4 Å². The minimum atomic E-state index is -4.58. The quantitative estimate of drug-likeness (QED) is 0.318. The summed E-state index contributed by atoms with van der Waals surface area (Å²) in [5.74, 6) is -1.85. The number of carbonyl (C=O) groups excluding carboxylic acids is 1. The molecule has 13 heteroatoms. The number of amides is 1. The first-order valence-corrected chi connectivity index (χ1v) is 11.3. The zero-order valence-electron chi connectivity index (χ0n) is 19.4. The summed E-state index contributed by atoms with van der Waals surface area (Å²) in [6.07, 6.45) is -4.88. The van der Waals surface area contributed by atoms with Crippen LogP contribution in [0.15, 0.2) is 36.4 Å². The van der Waals surface area contributed by atoms with E-state index in [2.05, 4.69) is 5.32 Å². The summed E-state index contributed by atoms with van der Waals surface area (Å²) >= 11 is 5.94. The van der Waals surface area contributed by atoms with Crippen molar-refractivity contribution in [2.24, 2.45) is 0 Å². The Balaban J connectivity index is 1.80.